The minimum absolute atomic E-state index is 0.147. The number of rotatable bonds is 8. The first-order valence-corrected chi connectivity index (χ1v) is 9.84. The summed E-state index contributed by atoms with van der Waals surface area (Å²) in [4.78, 5) is 39.9. The van der Waals surface area contributed by atoms with Gasteiger partial charge in [0.1, 0.15) is 11.5 Å². The molecule has 2 heterocycles. The number of amides is 2. The lowest BCUT2D eigenvalue weighted by atomic mass is 10.2. The van der Waals surface area contributed by atoms with E-state index >= 15 is 0 Å². The van der Waals surface area contributed by atoms with Crippen LogP contribution in [0.1, 0.15) is 28.8 Å². The molecule has 9 heteroatoms. The van der Waals surface area contributed by atoms with Crippen molar-refractivity contribution in [1.82, 2.24) is 30.6 Å². The Morgan fingerprint density at radius 2 is 2.11 bits per heavy atom. The van der Waals surface area contributed by atoms with Crippen molar-refractivity contribution >= 4 is 34.6 Å². The Balaban J connectivity index is 1.63. The number of nitrogens with zero attached hydrogens (tertiary/aromatic N) is 3. The molecule has 0 aliphatic rings. The van der Waals surface area contributed by atoms with Gasteiger partial charge in [-0.25, -0.2) is 9.97 Å². The zero-order valence-corrected chi connectivity index (χ0v) is 15.6. The molecule has 1 atom stereocenters. The molecule has 140 valence electrons. The fourth-order valence-electron chi connectivity index (χ4n) is 2.56. The second kappa shape index (κ2) is 9.13. The quantitative estimate of drug-likeness (QED) is 0.545. The highest BCUT2D eigenvalue weighted by atomic mass is 32.2. The molecule has 0 aliphatic heterocycles. The molecule has 2 aromatic heterocycles. The number of thioether (sulfide) groups is 1. The van der Waals surface area contributed by atoms with E-state index in [0.29, 0.717) is 5.82 Å². The number of hydrogen-bond donors (Lipinski definition) is 3. The number of imidazole rings is 1. The Morgan fingerprint density at radius 1 is 1.26 bits per heavy atom. The van der Waals surface area contributed by atoms with Gasteiger partial charge in [0, 0.05) is 12.4 Å². The molecule has 2 amide bonds. The van der Waals surface area contributed by atoms with Gasteiger partial charge in [0.25, 0.3) is 5.91 Å². The highest BCUT2D eigenvalue weighted by molar-refractivity contribution is 7.98. The van der Waals surface area contributed by atoms with Crippen molar-refractivity contribution in [3.63, 3.8) is 0 Å². The number of aromatic amines is 1. The molecule has 0 saturated carbocycles. The topological polar surface area (TPSA) is 113 Å². The smallest absolute Gasteiger partial charge is 0.271 e. The lowest BCUT2D eigenvalue weighted by Gasteiger charge is -2.16. The summed E-state index contributed by atoms with van der Waals surface area (Å²) in [6.07, 6.45) is 6.99. The molecule has 0 saturated heterocycles. The maximum absolute atomic E-state index is 12.3. The summed E-state index contributed by atoms with van der Waals surface area (Å²) >= 11 is 1.70. The summed E-state index contributed by atoms with van der Waals surface area (Å²) in [7, 11) is 0. The van der Waals surface area contributed by atoms with Gasteiger partial charge >= 0.3 is 0 Å². The van der Waals surface area contributed by atoms with Gasteiger partial charge in [0.15, 0.2) is 0 Å². The van der Waals surface area contributed by atoms with E-state index in [9.17, 15) is 9.59 Å². The second-order valence-corrected chi connectivity index (χ2v) is 6.80. The summed E-state index contributed by atoms with van der Waals surface area (Å²) in [6, 6.07) is 7.46. The van der Waals surface area contributed by atoms with Gasteiger partial charge in [0.05, 0.1) is 29.8 Å². The molecule has 0 fully saturated rings. The van der Waals surface area contributed by atoms with E-state index < -0.39 is 5.91 Å². The Hall–Kier alpha value is -2.94. The number of para-hydroxylation sites is 2. The summed E-state index contributed by atoms with van der Waals surface area (Å²) in [5.74, 6) is 0.842. The van der Waals surface area contributed by atoms with Crippen LogP contribution in [-0.4, -0.2) is 50.3 Å². The van der Waals surface area contributed by atoms with Crippen molar-refractivity contribution in [3.05, 3.63) is 54.4 Å². The summed E-state index contributed by atoms with van der Waals surface area (Å²) < 4.78 is 0. The van der Waals surface area contributed by atoms with Crippen LogP contribution in [-0.2, 0) is 4.79 Å². The van der Waals surface area contributed by atoms with Gasteiger partial charge in [-0.3, -0.25) is 14.6 Å². The van der Waals surface area contributed by atoms with Gasteiger partial charge in [-0.15, -0.1) is 0 Å². The molecule has 27 heavy (non-hydrogen) atoms. The van der Waals surface area contributed by atoms with Gasteiger partial charge in [-0.2, -0.15) is 11.8 Å². The SMILES string of the molecule is CSCC[C@@H](NC(=O)CNC(=O)c1cnccn1)c1nc2ccccc2[nH]1. The van der Waals surface area contributed by atoms with Gasteiger partial charge in [-0.05, 0) is 30.6 Å². The molecular formula is C18H20N6O2S. The van der Waals surface area contributed by atoms with Gasteiger partial charge in [0.2, 0.25) is 5.91 Å². The minimum Gasteiger partial charge on any atom is -0.345 e. The van der Waals surface area contributed by atoms with Gasteiger partial charge in [-0.1, -0.05) is 12.1 Å². The van der Waals surface area contributed by atoms with Crippen LogP contribution in [0.3, 0.4) is 0 Å². The average molecular weight is 384 g/mol. The second-order valence-electron chi connectivity index (χ2n) is 5.81. The number of benzene rings is 1. The number of carbonyl (C=O) groups excluding carboxylic acids is 2. The molecular weight excluding hydrogens is 364 g/mol. The van der Waals surface area contributed by atoms with Crippen molar-refractivity contribution in [2.75, 3.05) is 18.6 Å². The number of nitrogens with one attached hydrogen (secondary N) is 3. The highest BCUT2D eigenvalue weighted by Crippen LogP contribution is 2.19. The Labute approximate surface area is 160 Å². The first-order valence-electron chi connectivity index (χ1n) is 8.44. The van der Waals surface area contributed by atoms with Crippen LogP contribution in [0.4, 0.5) is 0 Å². The molecule has 0 spiro atoms. The summed E-state index contributed by atoms with van der Waals surface area (Å²) in [5, 5.41) is 5.49. The predicted molar refractivity (Wildman–Crippen MR) is 104 cm³/mol. The van der Waals surface area contributed by atoms with Crippen LogP contribution < -0.4 is 10.6 Å². The number of carbonyl (C=O) groups is 2. The lowest BCUT2D eigenvalue weighted by molar-refractivity contribution is -0.120. The molecule has 3 aromatic rings. The molecule has 0 bridgehead atoms. The standard InChI is InChI=1S/C18H20N6O2S/c1-27-9-6-14(17-23-12-4-2-3-5-13(12)24-17)22-16(25)11-21-18(26)15-10-19-7-8-20-15/h2-5,7-8,10,14H,6,9,11H2,1H3,(H,21,26)(H,22,25)(H,23,24)/t14-/m1/s1. The molecule has 1 aromatic carbocycles. The van der Waals surface area contributed by atoms with E-state index in [4.69, 9.17) is 0 Å². The largest absolute Gasteiger partial charge is 0.345 e. The van der Waals surface area contributed by atoms with E-state index in [0.717, 1.165) is 23.2 Å². The third kappa shape index (κ3) is 5.04. The monoisotopic (exact) mass is 384 g/mol. The minimum atomic E-state index is -0.442. The van der Waals surface area contributed by atoms with Crippen molar-refractivity contribution in [1.29, 1.82) is 0 Å². The summed E-state index contributed by atoms with van der Waals surface area (Å²) in [5.41, 5.74) is 1.94. The van der Waals surface area contributed by atoms with Crippen LogP contribution in [0.15, 0.2) is 42.9 Å². The fourth-order valence-corrected chi connectivity index (χ4v) is 3.03. The Bertz CT molecular complexity index is 881. The van der Waals surface area contributed by atoms with Gasteiger partial charge < -0.3 is 15.6 Å². The molecule has 8 nitrogen and oxygen atoms in total. The Morgan fingerprint density at radius 3 is 2.85 bits per heavy atom. The van der Waals surface area contributed by atoms with E-state index in [1.165, 1.54) is 18.6 Å². The van der Waals surface area contributed by atoms with Crippen molar-refractivity contribution in [3.8, 4) is 0 Å². The number of fused-ring (bicyclic) bond motifs is 1. The molecule has 3 rings (SSSR count). The van der Waals surface area contributed by atoms with Crippen LogP contribution in [0.5, 0.6) is 0 Å². The fraction of sp³-hybridized carbons (Fsp3) is 0.278. The van der Waals surface area contributed by atoms with Crippen LogP contribution in [0, 0.1) is 0 Å². The van der Waals surface area contributed by atoms with Crippen LogP contribution in [0.25, 0.3) is 11.0 Å². The van der Waals surface area contributed by atoms with Crippen LogP contribution in [0.2, 0.25) is 0 Å². The normalized spacial score (nSPS) is 11.9. The first kappa shape index (κ1) is 18.8. The van der Waals surface area contributed by atoms with E-state index in [1.807, 2.05) is 30.5 Å². The van der Waals surface area contributed by atoms with Crippen molar-refractivity contribution in [2.45, 2.75) is 12.5 Å². The van der Waals surface area contributed by atoms with Crippen molar-refractivity contribution < 1.29 is 9.59 Å². The first-order chi connectivity index (χ1) is 13.2. The zero-order chi connectivity index (χ0) is 19.1. The highest BCUT2D eigenvalue weighted by Gasteiger charge is 2.19. The number of hydrogen-bond acceptors (Lipinski definition) is 6. The third-order valence-corrected chi connectivity index (χ3v) is 4.53. The van der Waals surface area contributed by atoms with E-state index in [1.54, 1.807) is 11.8 Å². The lowest BCUT2D eigenvalue weighted by Crippen LogP contribution is -2.39. The molecule has 0 unspecified atom stereocenters. The maximum Gasteiger partial charge on any atom is 0.271 e. The number of H-pyrrole nitrogens is 1. The Kier molecular flexibility index (Phi) is 6.37. The predicted octanol–water partition coefficient (Wildman–Crippen LogP) is 1.69. The zero-order valence-electron chi connectivity index (χ0n) is 14.8. The van der Waals surface area contributed by atoms with E-state index in [-0.39, 0.29) is 24.2 Å². The number of aromatic nitrogens is 4. The van der Waals surface area contributed by atoms with E-state index in [2.05, 4.69) is 30.6 Å². The third-order valence-electron chi connectivity index (χ3n) is 3.89. The summed E-state index contributed by atoms with van der Waals surface area (Å²) in [6.45, 7) is -0.147. The van der Waals surface area contributed by atoms with Crippen molar-refractivity contribution in [2.24, 2.45) is 0 Å². The average Bonchev–Trinajstić information content (AvgIpc) is 3.14. The maximum atomic E-state index is 12.3. The molecule has 0 radical (unpaired) electrons. The van der Waals surface area contributed by atoms with Crippen LogP contribution >= 0.6 is 11.8 Å². The molecule has 0 aliphatic carbocycles. The molecule has 3 N–H and O–H groups in total.